The zero-order valence-corrected chi connectivity index (χ0v) is 14.5. The minimum atomic E-state index is -0.784. The van der Waals surface area contributed by atoms with Crippen LogP contribution in [0.1, 0.15) is 25.3 Å². The van der Waals surface area contributed by atoms with Gasteiger partial charge in [0.15, 0.2) is 10.3 Å². The van der Waals surface area contributed by atoms with E-state index in [9.17, 15) is 9.90 Å². The molecule has 0 aliphatic carbocycles. The molecule has 2 heterocycles. The molecule has 1 unspecified atom stereocenters. The van der Waals surface area contributed by atoms with Gasteiger partial charge in [0, 0.05) is 18.7 Å². The van der Waals surface area contributed by atoms with Gasteiger partial charge in [0.1, 0.15) is 6.04 Å². The molecule has 1 N–H and O–H groups in total. The van der Waals surface area contributed by atoms with E-state index in [0.717, 1.165) is 36.3 Å². The molecule has 23 heavy (non-hydrogen) atoms. The first kappa shape index (κ1) is 16.2. The summed E-state index contributed by atoms with van der Waals surface area (Å²) < 4.78 is 1.72. The lowest BCUT2D eigenvalue weighted by molar-refractivity contribution is -0.138. The number of carbonyl (C=O) groups is 1. The number of benzene rings is 1. The zero-order chi connectivity index (χ0) is 16.6. The van der Waals surface area contributed by atoms with Crippen molar-refractivity contribution in [3.63, 3.8) is 0 Å². The van der Waals surface area contributed by atoms with E-state index in [2.05, 4.69) is 42.4 Å². The van der Waals surface area contributed by atoms with Gasteiger partial charge >= 0.3 is 5.97 Å². The molecule has 122 valence electrons. The van der Waals surface area contributed by atoms with Gasteiger partial charge in [-0.05, 0) is 30.2 Å². The summed E-state index contributed by atoms with van der Waals surface area (Å²) in [7, 11) is 0. The summed E-state index contributed by atoms with van der Waals surface area (Å²) in [5.74, 6) is -0.784. The van der Waals surface area contributed by atoms with Crippen molar-refractivity contribution in [3.8, 4) is 5.69 Å². The Morgan fingerprint density at radius 1 is 1.35 bits per heavy atom. The maximum Gasteiger partial charge on any atom is 0.326 e. The first-order valence-corrected chi connectivity index (χ1v) is 8.38. The van der Waals surface area contributed by atoms with E-state index in [1.165, 1.54) is 0 Å². The summed E-state index contributed by atoms with van der Waals surface area (Å²) >= 11 is 8.57. The van der Waals surface area contributed by atoms with Gasteiger partial charge in [-0.3, -0.25) is 4.57 Å². The largest absolute Gasteiger partial charge is 0.480 e. The van der Waals surface area contributed by atoms with Gasteiger partial charge in [-0.25, -0.2) is 4.79 Å². The van der Waals surface area contributed by atoms with E-state index in [-0.39, 0.29) is 0 Å². The number of rotatable bonds is 5. The maximum atomic E-state index is 11.6. The highest BCUT2D eigenvalue weighted by molar-refractivity contribution is 7.80. The number of unbranched alkanes of at least 4 members (excludes halogenated alkanes) is 1. The fourth-order valence-electron chi connectivity index (χ4n) is 2.97. The summed E-state index contributed by atoms with van der Waals surface area (Å²) in [6.45, 7) is 2.85. The van der Waals surface area contributed by atoms with Crippen molar-refractivity contribution >= 4 is 36.9 Å². The quantitative estimate of drug-likeness (QED) is 0.723. The molecule has 6 nitrogen and oxygen atoms in total. The Labute approximate surface area is 145 Å². The van der Waals surface area contributed by atoms with Crippen LogP contribution in [0.3, 0.4) is 0 Å². The first-order chi connectivity index (χ1) is 11.0. The number of carboxylic acid groups (broad SMARTS) is 1. The third-order valence-electron chi connectivity index (χ3n) is 4.09. The van der Waals surface area contributed by atoms with Crippen LogP contribution in [0.25, 0.3) is 5.69 Å². The van der Waals surface area contributed by atoms with Gasteiger partial charge in [-0.2, -0.15) is 0 Å². The first-order valence-electron chi connectivity index (χ1n) is 7.49. The molecule has 0 fully saturated rings. The Bertz CT molecular complexity index is 728. The van der Waals surface area contributed by atoms with Gasteiger partial charge in [-0.15, -0.1) is 35.5 Å². The molecule has 1 aliphatic rings. The van der Waals surface area contributed by atoms with Crippen LogP contribution in [0.15, 0.2) is 28.5 Å². The molecule has 2 aromatic rings. The Kier molecular flexibility index (Phi) is 4.54. The average Bonchev–Trinajstić information content (AvgIpc) is 3.05. The maximum absolute atomic E-state index is 11.6. The number of hydrogen-bond donors (Lipinski definition) is 3. The number of hydrogen-bond acceptors (Lipinski definition) is 6. The average molecular weight is 350 g/mol. The number of aromatic nitrogens is 3. The summed E-state index contributed by atoms with van der Waals surface area (Å²) in [6.07, 6.45) is 2.50. The molecule has 0 bridgehead atoms. The molecule has 8 heteroatoms. The molecule has 0 radical (unpaired) electrons. The SMILES string of the molecule is CCCCN1c2ccc(-n3c(S)nnc3S)cc2CC1C(=O)O. The molecule has 0 spiro atoms. The number of carboxylic acids is 1. The molecule has 1 aliphatic heterocycles. The van der Waals surface area contributed by atoms with Crippen molar-refractivity contribution in [2.45, 2.75) is 42.5 Å². The van der Waals surface area contributed by atoms with E-state index in [0.29, 0.717) is 16.7 Å². The van der Waals surface area contributed by atoms with Crippen LogP contribution < -0.4 is 4.90 Å². The lowest BCUT2D eigenvalue weighted by atomic mass is 10.1. The Balaban J connectivity index is 1.99. The molecule has 1 aromatic carbocycles. The van der Waals surface area contributed by atoms with Gasteiger partial charge in [0.25, 0.3) is 0 Å². The molecule has 0 saturated carbocycles. The number of aliphatic carboxylic acids is 1. The molecule has 0 amide bonds. The summed E-state index contributed by atoms with van der Waals surface area (Å²) in [5, 5.41) is 18.2. The topological polar surface area (TPSA) is 71.2 Å². The van der Waals surface area contributed by atoms with E-state index in [1.807, 2.05) is 23.1 Å². The molecular weight excluding hydrogens is 332 g/mol. The van der Waals surface area contributed by atoms with Crippen molar-refractivity contribution in [1.82, 2.24) is 14.8 Å². The third kappa shape index (κ3) is 2.92. The van der Waals surface area contributed by atoms with Gasteiger partial charge < -0.3 is 10.0 Å². The van der Waals surface area contributed by atoms with Crippen molar-refractivity contribution < 1.29 is 9.90 Å². The van der Waals surface area contributed by atoms with Crippen molar-refractivity contribution in [2.24, 2.45) is 0 Å². The highest BCUT2D eigenvalue weighted by Crippen LogP contribution is 2.35. The molecule has 1 aromatic heterocycles. The fraction of sp³-hybridized carbons (Fsp3) is 0.400. The standard InChI is InChI=1S/C15H18N4O2S2/c1-2-3-6-18-11-5-4-10(19-14(22)16-17-15(19)23)7-9(11)8-12(18)13(20)21/h4-5,7,12H,2-3,6,8H2,1H3,(H,16,22)(H,17,23)(H,20,21). The molecular formula is C15H18N4O2S2. The molecule has 1 atom stereocenters. The second kappa shape index (κ2) is 6.45. The van der Waals surface area contributed by atoms with Crippen LogP contribution in [-0.4, -0.2) is 38.4 Å². The Morgan fingerprint density at radius 2 is 2.04 bits per heavy atom. The zero-order valence-electron chi connectivity index (χ0n) is 12.7. The van der Waals surface area contributed by atoms with E-state index in [1.54, 1.807) is 4.57 Å². The van der Waals surface area contributed by atoms with E-state index in [4.69, 9.17) is 0 Å². The number of fused-ring (bicyclic) bond motifs is 1. The van der Waals surface area contributed by atoms with Crippen molar-refractivity contribution in [2.75, 3.05) is 11.4 Å². The van der Waals surface area contributed by atoms with Crippen LogP contribution in [-0.2, 0) is 11.2 Å². The summed E-state index contributed by atoms with van der Waals surface area (Å²) in [4.78, 5) is 13.6. The molecule has 3 rings (SSSR count). The highest BCUT2D eigenvalue weighted by atomic mass is 32.1. The van der Waals surface area contributed by atoms with Crippen LogP contribution in [0, 0.1) is 0 Å². The van der Waals surface area contributed by atoms with Gasteiger partial charge in [0.05, 0.1) is 5.69 Å². The minimum Gasteiger partial charge on any atom is -0.480 e. The monoisotopic (exact) mass is 350 g/mol. The third-order valence-corrected chi connectivity index (χ3v) is 4.67. The lowest BCUT2D eigenvalue weighted by Crippen LogP contribution is -2.39. The number of thiol groups is 2. The van der Waals surface area contributed by atoms with Gasteiger partial charge in [-0.1, -0.05) is 13.3 Å². The van der Waals surface area contributed by atoms with Crippen LogP contribution in [0.4, 0.5) is 5.69 Å². The Morgan fingerprint density at radius 3 is 2.65 bits per heavy atom. The predicted molar refractivity (Wildman–Crippen MR) is 93.2 cm³/mol. The van der Waals surface area contributed by atoms with E-state index >= 15 is 0 Å². The Hall–Kier alpha value is -1.67. The molecule has 0 saturated heterocycles. The minimum absolute atomic E-state index is 0.450. The number of anilines is 1. The fourth-order valence-corrected chi connectivity index (χ4v) is 3.55. The van der Waals surface area contributed by atoms with Crippen LogP contribution in [0.5, 0.6) is 0 Å². The lowest BCUT2D eigenvalue weighted by Gasteiger charge is -2.24. The van der Waals surface area contributed by atoms with E-state index < -0.39 is 12.0 Å². The van der Waals surface area contributed by atoms with Gasteiger partial charge in [0.2, 0.25) is 0 Å². The normalized spacial score (nSPS) is 16.7. The smallest absolute Gasteiger partial charge is 0.326 e. The summed E-state index contributed by atoms with van der Waals surface area (Å²) in [6, 6.07) is 5.35. The second-order valence-corrected chi connectivity index (χ2v) is 6.35. The van der Waals surface area contributed by atoms with Crippen LogP contribution >= 0.6 is 25.3 Å². The van der Waals surface area contributed by atoms with Crippen LogP contribution in [0.2, 0.25) is 0 Å². The number of nitrogens with zero attached hydrogens (tertiary/aromatic N) is 4. The second-order valence-electron chi connectivity index (χ2n) is 5.55. The predicted octanol–water partition coefficient (Wildman–Crippen LogP) is 2.46. The summed E-state index contributed by atoms with van der Waals surface area (Å²) in [5.41, 5.74) is 2.84. The van der Waals surface area contributed by atoms with Crippen molar-refractivity contribution in [1.29, 1.82) is 0 Å². The van der Waals surface area contributed by atoms with Crippen molar-refractivity contribution in [3.05, 3.63) is 23.8 Å². The highest BCUT2D eigenvalue weighted by Gasteiger charge is 2.34.